The summed E-state index contributed by atoms with van der Waals surface area (Å²) in [5.74, 6) is 0. The molecule has 0 radical (unpaired) electrons. The van der Waals surface area contributed by atoms with E-state index in [9.17, 15) is 0 Å². The van der Waals surface area contributed by atoms with Crippen LogP contribution < -0.4 is 0 Å². The van der Waals surface area contributed by atoms with E-state index in [1.54, 1.807) is 17.5 Å². The molecule has 14 heavy (non-hydrogen) atoms. The van der Waals surface area contributed by atoms with Crippen molar-refractivity contribution in [3.8, 4) is 0 Å². The van der Waals surface area contributed by atoms with Gasteiger partial charge < -0.3 is 0 Å². The first-order valence-electron chi connectivity index (χ1n) is 3.84. The highest BCUT2D eigenvalue weighted by atomic mass is 79.9. The highest BCUT2D eigenvalue weighted by Crippen LogP contribution is 2.32. The lowest BCUT2D eigenvalue weighted by Crippen LogP contribution is -1.80. The van der Waals surface area contributed by atoms with Crippen LogP contribution in [0.1, 0.15) is 5.01 Å². The van der Waals surface area contributed by atoms with Gasteiger partial charge in [-0.2, -0.15) is 0 Å². The van der Waals surface area contributed by atoms with Crippen molar-refractivity contribution in [2.45, 2.75) is 16.3 Å². The molecule has 0 spiro atoms. The lowest BCUT2D eigenvalue weighted by Gasteiger charge is -1.97. The maximum atomic E-state index is 4.24. The largest absolute Gasteiger partial charge is 0.248 e. The number of nitrogens with zero attached hydrogens (tertiary/aromatic N) is 3. The van der Waals surface area contributed by atoms with E-state index in [1.165, 1.54) is 11.8 Å². The molecule has 2 aromatic heterocycles. The van der Waals surface area contributed by atoms with Crippen LogP contribution in [0.5, 0.6) is 0 Å². The van der Waals surface area contributed by atoms with Crippen LogP contribution in [-0.4, -0.2) is 15.2 Å². The first-order valence-corrected chi connectivity index (χ1v) is 6.27. The molecule has 72 valence electrons. The molecule has 2 aromatic rings. The number of aryl methyl sites for hydroxylation is 1. The molecule has 0 unspecified atom stereocenters. The number of pyridine rings is 1. The average Bonchev–Trinajstić information content (AvgIpc) is 2.56. The van der Waals surface area contributed by atoms with Crippen molar-refractivity contribution >= 4 is 39.0 Å². The van der Waals surface area contributed by atoms with Gasteiger partial charge in [-0.15, -0.1) is 10.2 Å². The fraction of sp³-hybridized carbons (Fsp3) is 0.125. The van der Waals surface area contributed by atoms with Gasteiger partial charge in [0.05, 0.1) is 4.47 Å². The molecule has 0 fully saturated rings. The van der Waals surface area contributed by atoms with Crippen LogP contribution in [0.15, 0.2) is 32.2 Å². The summed E-state index contributed by atoms with van der Waals surface area (Å²) in [7, 11) is 0. The summed E-state index contributed by atoms with van der Waals surface area (Å²) in [6.07, 6.45) is 1.76. The summed E-state index contributed by atoms with van der Waals surface area (Å²) in [5, 5.41) is 9.86. The summed E-state index contributed by atoms with van der Waals surface area (Å²) in [6, 6.07) is 3.85. The third-order valence-electron chi connectivity index (χ3n) is 1.42. The maximum absolute atomic E-state index is 4.24. The van der Waals surface area contributed by atoms with E-state index in [0.717, 1.165) is 18.8 Å². The number of hydrogen-bond acceptors (Lipinski definition) is 5. The van der Waals surface area contributed by atoms with Crippen LogP contribution >= 0.6 is 39.0 Å². The summed E-state index contributed by atoms with van der Waals surface area (Å²) in [5.41, 5.74) is 0. The number of aromatic nitrogens is 3. The Morgan fingerprint density at radius 2 is 2.29 bits per heavy atom. The van der Waals surface area contributed by atoms with E-state index in [0.29, 0.717) is 0 Å². The molecule has 0 aliphatic heterocycles. The first kappa shape index (κ1) is 10.1. The molecule has 0 amide bonds. The van der Waals surface area contributed by atoms with Crippen molar-refractivity contribution in [1.29, 1.82) is 0 Å². The minimum Gasteiger partial charge on any atom is -0.248 e. The van der Waals surface area contributed by atoms with Crippen molar-refractivity contribution in [2.75, 3.05) is 0 Å². The van der Waals surface area contributed by atoms with Crippen molar-refractivity contribution in [3.05, 3.63) is 27.8 Å². The molecule has 0 saturated carbocycles. The van der Waals surface area contributed by atoms with Gasteiger partial charge in [-0.1, -0.05) is 11.3 Å². The Hall–Kier alpha value is -0.460. The van der Waals surface area contributed by atoms with E-state index in [1.807, 2.05) is 19.1 Å². The summed E-state index contributed by atoms with van der Waals surface area (Å²) in [6.45, 7) is 1.94. The van der Waals surface area contributed by atoms with Crippen molar-refractivity contribution in [2.24, 2.45) is 0 Å². The lowest BCUT2D eigenvalue weighted by molar-refractivity contribution is 0.979. The van der Waals surface area contributed by atoms with Crippen LogP contribution in [0.3, 0.4) is 0 Å². The predicted molar refractivity (Wildman–Crippen MR) is 60.7 cm³/mol. The van der Waals surface area contributed by atoms with E-state index in [4.69, 9.17) is 0 Å². The molecule has 0 saturated heterocycles. The van der Waals surface area contributed by atoms with Crippen LogP contribution in [0.25, 0.3) is 0 Å². The van der Waals surface area contributed by atoms with Crippen LogP contribution in [-0.2, 0) is 0 Å². The van der Waals surface area contributed by atoms with Gasteiger partial charge >= 0.3 is 0 Å². The molecule has 0 N–H and O–H groups in total. The monoisotopic (exact) mass is 287 g/mol. The Morgan fingerprint density at radius 1 is 1.43 bits per heavy atom. The molecule has 6 heteroatoms. The Kier molecular flexibility index (Phi) is 3.15. The van der Waals surface area contributed by atoms with Crippen molar-refractivity contribution in [3.63, 3.8) is 0 Å². The zero-order valence-corrected chi connectivity index (χ0v) is 10.5. The third-order valence-corrected chi connectivity index (χ3v) is 4.23. The fourth-order valence-corrected chi connectivity index (χ4v) is 3.05. The van der Waals surface area contributed by atoms with Gasteiger partial charge in [-0.25, -0.2) is 4.98 Å². The van der Waals surface area contributed by atoms with E-state index >= 15 is 0 Å². The summed E-state index contributed by atoms with van der Waals surface area (Å²) < 4.78 is 1.90. The van der Waals surface area contributed by atoms with Gasteiger partial charge in [0.15, 0.2) is 4.34 Å². The first-order chi connectivity index (χ1) is 6.75. The Bertz CT molecular complexity index is 444. The maximum Gasteiger partial charge on any atom is 0.180 e. The molecule has 0 aliphatic rings. The Labute approximate surface area is 98.1 Å². The number of halogens is 1. The smallest absolute Gasteiger partial charge is 0.180 e. The van der Waals surface area contributed by atoms with Gasteiger partial charge in [-0.3, -0.25) is 0 Å². The van der Waals surface area contributed by atoms with Gasteiger partial charge in [-0.05, 0) is 46.7 Å². The second-order valence-corrected chi connectivity index (χ2v) is 5.75. The molecule has 0 atom stereocenters. The van der Waals surface area contributed by atoms with Gasteiger partial charge in [0.1, 0.15) is 10.0 Å². The lowest BCUT2D eigenvalue weighted by atomic mass is 10.5. The van der Waals surface area contributed by atoms with Gasteiger partial charge in [0, 0.05) is 6.20 Å². The molecule has 0 bridgehead atoms. The third kappa shape index (κ3) is 2.31. The van der Waals surface area contributed by atoms with Gasteiger partial charge in [0.25, 0.3) is 0 Å². The SMILES string of the molecule is Cc1nnc(Sc2ncccc2Br)s1. The molecule has 2 heterocycles. The predicted octanol–water partition coefficient (Wildman–Crippen LogP) is 3.16. The molecule has 2 rings (SSSR count). The number of hydrogen-bond donors (Lipinski definition) is 0. The average molecular weight is 288 g/mol. The Balaban J connectivity index is 2.23. The molecule has 0 aliphatic carbocycles. The van der Waals surface area contributed by atoms with E-state index < -0.39 is 0 Å². The van der Waals surface area contributed by atoms with Crippen LogP contribution in [0.2, 0.25) is 0 Å². The minimum absolute atomic E-state index is 0.918. The highest BCUT2D eigenvalue weighted by Gasteiger charge is 2.06. The zero-order valence-electron chi connectivity index (χ0n) is 7.27. The Morgan fingerprint density at radius 3 is 2.93 bits per heavy atom. The quantitative estimate of drug-likeness (QED) is 0.851. The standard InChI is InChI=1S/C8H6BrN3S2/c1-5-11-12-8(13-5)14-7-6(9)3-2-4-10-7/h2-4H,1H3. The van der Waals surface area contributed by atoms with Crippen LogP contribution in [0, 0.1) is 6.92 Å². The van der Waals surface area contributed by atoms with E-state index in [2.05, 4.69) is 31.1 Å². The second kappa shape index (κ2) is 4.37. The normalized spacial score (nSPS) is 10.4. The van der Waals surface area contributed by atoms with Gasteiger partial charge in [0.2, 0.25) is 0 Å². The molecular weight excluding hydrogens is 282 g/mol. The topological polar surface area (TPSA) is 38.7 Å². The van der Waals surface area contributed by atoms with Crippen molar-refractivity contribution < 1.29 is 0 Å². The zero-order chi connectivity index (χ0) is 9.97. The molecule has 0 aromatic carbocycles. The van der Waals surface area contributed by atoms with Crippen LogP contribution in [0.4, 0.5) is 0 Å². The molecule has 3 nitrogen and oxygen atoms in total. The van der Waals surface area contributed by atoms with E-state index in [-0.39, 0.29) is 0 Å². The number of rotatable bonds is 2. The summed E-state index contributed by atoms with van der Waals surface area (Å²) in [4.78, 5) is 4.24. The fourth-order valence-electron chi connectivity index (χ4n) is 0.849. The highest BCUT2D eigenvalue weighted by molar-refractivity contribution is 9.10. The summed E-state index contributed by atoms with van der Waals surface area (Å²) >= 11 is 6.53. The molecular formula is C8H6BrN3S2. The minimum atomic E-state index is 0.918. The second-order valence-electron chi connectivity index (χ2n) is 2.48. The van der Waals surface area contributed by atoms with Crippen molar-refractivity contribution in [1.82, 2.24) is 15.2 Å².